The van der Waals surface area contributed by atoms with Crippen molar-refractivity contribution in [2.75, 3.05) is 6.54 Å². The van der Waals surface area contributed by atoms with Crippen LogP contribution in [-0.4, -0.2) is 33.7 Å². The van der Waals surface area contributed by atoms with E-state index in [-0.39, 0.29) is 18.7 Å². The average Bonchev–Trinajstić information content (AvgIpc) is 2.95. The SMILES string of the molecule is C#CCN1C(=O)S/C(=C/c2cc(Br)c(OCc3ccc(C(=O)O)cc3)c(Br)c2)C1=O. The summed E-state index contributed by atoms with van der Waals surface area (Å²) in [5.74, 6) is 1.45. The molecule has 6 nitrogen and oxygen atoms in total. The molecule has 0 bridgehead atoms. The molecule has 1 saturated heterocycles. The molecule has 3 rings (SSSR count). The van der Waals surface area contributed by atoms with Gasteiger partial charge < -0.3 is 9.84 Å². The Bertz CT molecular complexity index is 1080. The molecular weight excluding hydrogens is 538 g/mol. The van der Waals surface area contributed by atoms with Gasteiger partial charge in [0.15, 0.2) is 0 Å². The fraction of sp³-hybridized carbons (Fsp3) is 0.0952. The first-order chi connectivity index (χ1) is 14.3. The summed E-state index contributed by atoms with van der Waals surface area (Å²) in [6.07, 6.45) is 6.82. The molecule has 1 N–H and O–H groups in total. The van der Waals surface area contributed by atoms with Gasteiger partial charge in [0.1, 0.15) is 12.4 Å². The van der Waals surface area contributed by atoms with Crippen LogP contribution < -0.4 is 4.74 Å². The van der Waals surface area contributed by atoms with Crippen molar-refractivity contribution in [3.05, 3.63) is 66.9 Å². The van der Waals surface area contributed by atoms with Gasteiger partial charge in [-0.15, -0.1) is 6.42 Å². The van der Waals surface area contributed by atoms with E-state index >= 15 is 0 Å². The predicted molar refractivity (Wildman–Crippen MR) is 121 cm³/mol. The number of hydrogen-bond acceptors (Lipinski definition) is 5. The van der Waals surface area contributed by atoms with Gasteiger partial charge in [-0.3, -0.25) is 14.5 Å². The van der Waals surface area contributed by atoms with Crippen LogP contribution in [-0.2, 0) is 11.4 Å². The van der Waals surface area contributed by atoms with E-state index < -0.39 is 17.1 Å². The highest BCUT2D eigenvalue weighted by Gasteiger charge is 2.34. The number of nitrogens with zero attached hydrogens (tertiary/aromatic N) is 1. The van der Waals surface area contributed by atoms with E-state index in [0.717, 1.165) is 22.2 Å². The Morgan fingerprint density at radius 2 is 1.83 bits per heavy atom. The normalized spacial score (nSPS) is 14.8. The first-order valence-electron chi connectivity index (χ1n) is 8.43. The molecule has 1 fully saturated rings. The van der Waals surface area contributed by atoms with Crippen molar-refractivity contribution in [1.82, 2.24) is 4.90 Å². The third-order valence-electron chi connectivity index (χ3n) is 4.03. The van der Waals surface area contributed by atoms with Crippen LogP contribution in [0.4, 0.5) is 4.79 Å². The molecule has 2 amide bonds. The molecule has 0 radical (unpaired) electrons. The summed E-state index contributed by atoms with van der Waals surface area (Å²) in [6.45, 7) is 0.178. The highest BCUT2D eigenvalue weighted by atomic mass is 79.9. The molecule has 0 saturated carbocycles. The molecule has 9 heteroatoms. The minimum absolute atomic E-state index is 0.0599. The standard InChI is InChI=1S/C21H13Br2NO5S/c1-2-7-24-19(25)17(30-21(24)28)10-13-8-15(22)18(16(23)9-13)29-11-12-3-5-14(6-4-12)20(26)27/h1,3-6,8-10H,7,11H2,(H,26,27)/b17-10+. The van der Waals surface area contributed by atoms with E-state index in [4.69, 9.17) is 16.3 Å². The number of terminal acetylenes is 1. The molecule has 1 aliphatic rings. The zero-order valence-electron chi connectivity index (χ0n) is 15.2. The molecule has 0 unspecified atom stereocenters. The van der Waals surface area contributed by atoms with Gasteiger partial charge in [-0.2, -0.15) is 0 Å². The number of halogens is 2. The van der Waals surface area contributed by atoms with Crippen molar-refractivity contribution in [1.29, 1.82) is 0 Å². The zero-order chi connectivity index (χ0) is 21.8. The molecule has 0 aliphatic carbocycles. The Labute approximate surface area is 193 Å². The van der Waals surface area contributed by atoms with Crippen molar-refractivity contribution in [3.63, 3.8) is 0 Å². The van der Waals surface area contributed by atoms with Crippen LogP contribution in [0, 0.1) is 12.3 Å². The number of thioether (sulfide) groups is 1. The molecule has 0 aromatic heterocycles. The Morgan fingerprint density at radius 1 is 1.20 bits per heavy atom. The third kappa shape index (κ3) is 4.95. The van der Waals surface area contributed by atoms with Crippen LogP contribution in [0.15, 0.2) is 50.2 Å². The smallest absolute Gasteiger partial charge is 0.335 e. The maximum absolute atomic E-state index is 12.3. The number of benzene rings is 2. The van der Waals surface area contributed by atoms with Crippen molar-refractivity contribution in [3.8, 4) is 18.1 Å². The molecule has 0 spiro atoms. The second-order valence-corrected chi connectivity index (χ2v) is 8.78. The molecule has 1 aliphatic heterocycles. The van der Waals surface area contributed by atoms with Crippen molar-refractivity contribution in [2.45, 2.75) is 6.61 Å². The van der Waals surface area contributed by atoms with E-state index in [0.29, 0.717) is 25.2 Å². The first kappa shape index (κ1) is 22.2. The quantitative estimate of drug-likeness (QED) is 0.395. The molecule has 2 aromatic rings. The topological polar surface area (TPSA) is 83.9 Å². The van der Waals surface area contributed by atoms with Crippen molar-refractivity contribution < 1.29 is 24.2 Å². The summed E-state index contributed by atoms with van der Waals surface area (Å²) >= 11 is 7.76. The van der Waals surface area contributed by atoms with Crippen molar-refractivity contribution >= 4 is 66.8 Å². The van der Waals surface area contributed by atoms with Gasteiger partial charge >= 0.3 is 5.97 Å². The Morgan fingerprint density at radius 3 is 2.40 bits per heavy atom. The maximum atomic E-state index is 12.3. The maximum Gasteiger partial charge on any atom is 0.335 e. The largest absolute Gasteiger partial charge is 0.487 e. The summed E-state index contributed by atoms with van der Waals surface area (Å²) in [4.78, 5) is 36.4. The monoisotopic (exact) mass is 549 g/mol. The first-order valence-corrected chi connectivity index (χ1v) is 10.8. The van der Waals surface area contributed by atoms with Crippen LogP contribution in [0.5, 0.6) is 5.75 Å². The number of carbonyl (C=O) groups is 3. The van der Waals surface area contributed by atoms with Gasteiger partial charge in [-0.1, -0.05) is 18.1 Å². The molecule has 1 heterocycles. The van der Waals surface area contributed by atoms with Gasteiger partial charge in [0.2, 0.25) is 0 Å². The predicted octanol–water partition coefficient (Wildman–Crippen LogP) is 5.16. The fourth-order valence-corrected chi connectivity index (χ4v) is 4.87. The summed E-state index contributed by atoms with van der Waals surface area (Å²) in [5.41, 5.74) is 1.71. The molecule has 2 aromatic carbocycles. The summed E-state index contributed by atoms with van der Waals surface area (Å²) in [5, 5.41) is 8.56. The molecule has 152 valence electrons. The fourth-order valence-electron chi connectivity index (χ4n) is 2.58. The van der Waals surface area contributed by atoms with Crippen LogP contribution in [0.3, 0.4) is 0 Å². The summed E-state index contributed by atoms with van der Waals surface area (Å²) in [6, 6.07) is 9.94. The van der Waals surface area contributed by atoms with Crippen LogP contribution in [0.25, 0.3) is 6.08 Å². The van der Waals surface area contributed by atoms with E-state index in [1.165, 1.54) is 12.1 Å². The highest BCUT2D eigenvalue weighted by Crippen LogP contribution is 2.38. The molecule has 0 atom stereocenters. The number of hydrogen-bond donors (Lipinski definition) is 1. The van der Waals surface area contributed by atoms with E-state index in [9.17, 15) is 14.4 Å². The van der Waals surface area contributed by atoms with Gasteiger partial charge in [-0.25, -0.2) is 4.79 Å². The second-order valence-electron chi connectivity index (χ2n) is 6.08. The van der Waals surface area contributed by atoms with Gasteiger partial charge in [0.25, 0.3) is 11.1 Å². The minimum Gasteiger partial charge on any atom is -0.487 e. The molecule has 30 heavy (non-hydrogen) atoms. The number of carboxylic acids is 1. The van der Waals surface area contributed by atoms with Crippen LogP contribution >= 0.6 is 43.6 Å². The second kappa shape index (κ2) is 9.51. The lowest BCUT2D eigenvalue weighted by Gasteiger charge is -2.12. The number of carboxylic acid groups (broad SMARTS) is 1. The summed E-state index contributed by atoms with van der Waals surface area (Å²) in [7, 11) is 0. The van der Waals surface area contributed by atoms with Crippen LogP contribution in [0.2, 0.25) is 0 Å². The van der Waals surface area contributed by atoms with Crippen molar-refractivity contribution in [2.24, 2.45) is 0 Å². The number of amides is 2. The van der Waals surface area contributed by atoms with Crippen LogP contribution in [0.1, 0.15) is 21.5 Å². The third-order valence-corrected chi connectivity index (χ3v) is 6.11. The number of ether oxygens (including phenoxy) is 1. The van der Waals surface area contributed by atoms with Gasteiger partial charge in [0, 0.05) is 0 Å². The number of carbonyl (C=O) groups excluding carboxylic acids is 2. The van der Waals surface area contributed by atoms with Gasteiger partial charge in [0.05, 0.1) is 26.0 Å². The Kier molecular flexibility index (Phi) is 7.02. The number of aromatic carboxylic acids is 1. The number of imide groups is 1. The average molecular weight is 551 g/mol. The van der Waals surface area contributed by atoms with Gasteiger partial charge in [-0.05, 0) is 85.1 Å². The van der Waals surface area contributed by atoms with E-state index in [1.807, 2.05) is 0 Å². The number of rotatable bonds is 6. The lowest BCUT2D eigenvalue weighted by atomic mass is 10.1. The molecular formula is C21H13Br2NO5S. The van der Waals surface area contributed by atoms with E-state index in [2.05, 4.69) is 37.8 Å². The zero-order valence-corrected chi connectivity index (χ0v) is 19.2. The highest BCUT2D eigenvalue weighted by molar-refractivity contribution is 9.11. The van der Waals surface area contributed by atoms with E-state index in [1.54, 1.807) is 30.3 Å². The lowest BCUT2D eigenvalue weighted by molar-refractivity contribution is -0.122. The minimum atomic E-state index is -0.985. The lowest BCUT2D eigenvalue weighted by Crippen LogP contribution is -2.28. The summed E-state index contributed by atoms with van der Waals surface area (Å²) < 4.78 is 7.14. The Hall–Kier alpha value is -2.54. The Balaban J connectivity index is 1.76.